The fourth-order valence-corrected chi connectivity index (χ4v) is 3.69. The van der Waals surface area contributed by atoms with Gasteiger partial charge in [-0.05, 0) is 42.0 Å². The maximum Gasteiger partial charge on any atom is 0.328 e. The number of esters is 1. The number of hydrogen-bond donors (Lipinski definition) is 2. The van der Waals surface area contributed by atoms with Gasteiger partial charge in [0.05, 0.1) is 22.7 Å². The van der Waals surface area contributed by atoms with Crippen molar-refractivity contribution >= 4 is 40.9 Å². The van der Waals surface area contributed by atoms with Crippen LogP contribution in [0.5, 0.6) is 0 Å². The van der Waals surface area contributed by atoms with E-state index < -0.39 is 17.9 Å². The molecule has 1 aromatic heterocycles. The van der Waals surface area contributed by atoms with Crippen LogP contribution in [0.4, 0.5) is 5.82 Å². The summed E-state index contributed by atoms with van der Waals surface area (Å²) in [6, 6.07) is 17.0. The molecule has 8 heteroatoms. The van der Waals surface area contributed by atoms with Crippen molar-refractivity contribution in [1.29, 1.82) is 0 Å². The minimum Gasteiger partial charge on any atom is -0.467 e. The van der Waals surface area contributed by atoms with Gasteiger partial charge in [0.2, 0.25) is 0 Å². The van der Waals surface area contributed by atoms with Gasteiger partial charge in [-0.2, -0.15) is 0 Å². The van der Waals surface area contributed by atoms with E-state index in [1.165, 1.54) is 7.11 Å². The molecule has 0 saturated carbocycles. The van der Waals surface area contributed by atoms with Crippen LogP contribution in [0.15, 0.2) is 66.9 Å². The van der Waals surface area contributed by atoms with Crippen LogP contribution in [0.3, 0.4) is 0 Å². The Hall–Kier alpha value is -3.53. The summed E-state index contributed by atoms with van der Waals surface area (Å²) in [5, 5.41) is 6.27. The second-order valence-electron chi connectivity index (χ2n) is 7.24. The molecule has 0 saturated heterocycles. The first-order chi connectivity index (χ1) is 16.5. The molecule has 1 amide bonds. The number of methoxy groups -OCH3 is 1. The largest absolute Gasteiger partial charge is 0.467 e. The second kappa shape index (κ2) is 12.6. The summed E-state index contributed by atoms with van der Waals surface area (Å²) in [5.74, 6) is 5.93. The van der Waals surface area contributed by atoms with E-state index in [1.54, 1.807) is 24.4 Å². The number of anilines is 1. The second-order valence-corrected chi connectivity index (χ2v) is 8.05. The zero-order valence-corrected chi connectivity index (χ0v) is 20.0. The molecule has 6 nitrogen and oxygen atoms in total. The Labute approximate surface area is 208 Å². The molecule has 0 aliphatic rings. The maximum absolute atomic E-state index is 12.7. The van der Waals surface area contributed by atoms with Crippen LogP contribution in [-0.2, 0) is 16.0 Å². The molecule has 174 valence electrons. The number of ether oxygens (including phenoxy) is 1. The maximum atomic E-state index is 12.7. The van der Waals surface area contributed by atoms with Gasteiger partial charge in [0.1, 0.15) is 11.9 Å². The molecular formula is C26H23Cl2N3O3. The van der Waals surface area contributed by atoms with Crippen LogP contribution in [0.2, 0.25) is 10.0 Å². The zero-order chi connectivity index (χ0) is 24.3. The molecule has 34 heavy (non-hydrogen) atoms. The van der Waals surface area contributed by atoms with Gasteiger partial charge in [0.25, 0.3) is 5.91 Å². The third-order valence-corrected chi connectivity index (χ3v) is 5.46. The SMILES string of the molecule is COC(=O)C(Cc1ccc(C#CCCNc2ccccn2)cc1)NC(=O)c1c(Cl)cccc1Cl. The number of hydrogen-bond acceptors (Lipinski definition) is 5. The van der Waals surface area contributed by atoms with Gasteiger partial charge in [-0.1, -0.05) is 59.3 Å². The van der Waals surface area contributed by atoms with E-state index in [1.807, 2.05) is 42.5 Å². The normalized spacial score (nSPS) is 11.0. The van der Waals surface area contributed by atoms with Crippen molar-refractivity contribution in [3.8, 4) is 11.8 Å². The van der Waals surface area contributed by atoms with Gasteiger partial charge < -0.3 is 15.4 Å². The van der Waals surface area contributed by atoms with Crippen LogP contribution in [0.25, 0.3) is 0 Å². The van der Waals surface area contributed by atoms with Crippen molar-refractivity contribution in [2.24, 2.45) is 0 Å². The molecule has 1 atom stereocenters. The highest BCUT2D eigenvalue weighted by Gasteiger charge is 2.24. The van der Waals surface area contributed by atoms with Gasteiger partial charge in [0, 0.05) is 31.1 Å². The number of amides is 1. The molecule has 3 rings (SSSR count). The van der Waals surface area contributed by atoms with Crippen LogP contribution >= 0.6 is 23.2 Å². The molecule has 0 bridgehead atoms. The first kappa shape index (κ1) is 25.1. The summed E-state index contributed by atoms with van der Waals surface area (Å²) in [6.07, 6.45) is 2.64. The average Bonchev–Trinajstić information content (AvgIpc) is 2.84. The molecule has 0 aliphatic heterocycles. The molecule has 1 unspecified atom stereocenters. The Morgan fingerprint density at radius 2 is 1.76 bits per heavy atom. The molecule has 3 aromatic rings. The minimum atomic E-state index is -0.903. The van der Waals surface area contributed by atoms with Crippen molar-refractivity contribution < 1.29 is 14.3 Å². The molecule has 0 spiro atoms. The fraction of sp³-hybridized carbons (Fsp3) is 0.192. The minimum absolute atomic E-state index is 0.114. The number of rotatable bonds is 8. The average molecular weight is 496 g/mol. The summed E-state index contributed by atoms with van der Waals surface area (Å²) >= 11 is 12.2. The third-order valence-electron chi connectivity index (χ3n) is 4.83. The quantitative estimate of drug-likeness (QED) is 0.267. The summed E-state index contributed by atoms with van der Waals surface area (Å²) in [7, 11) is 1.27. The van der Waals surface area contributed by atoms with Gasteiger partial charge >= 0.3 is 5.97 Å². The molecule has 0 radical (unpaired) electrons. The number of aromatic nitrogens is 1. The van der Waals surface area contributed by atoms with Crippen LogP contribution in [0.1, 0.15) is 27.9 Å². The van der Waals surface area contributed by atoms with E-state index in [2.05, 4.69) is 27.5 Å². The monoisotopic (exact) mass is 495 g/mol. The fourth-order valence-electron chi connectivity index (χ4n) is 3.13. The highest BCUT2D eigenvalue weighted by atomic mass is 35.5. The van der Waals surface area contributed by atoms with Gasteiger partial charge in [-0.15, -0.1) is 0 Å². The predicted octanol–water partition coefficient (Wildman–Crippen LogP) is 4.76. The summed E-state index contributed by atoms with van der Waals surface area (Å²) in [5.41, 5.74) is 1.80. The van der Waals surface area contributed by atoms with E-state index in [-0.39, 0.29) is 22.0 Å². The Bertz CT molecular complexity index is 1170. The van der Waals surface area contributed by atoms with Crippen LogP contribution < -0.4 is 10.6 Å². The first-order valence-electron chi connectivity index (χ1n) is 10.5. The van der Waals surface area contributed by atoms with Crippen molar-refractivity contribution in [2.75, 3.05) is 19.0 Å². The van der Waals surface area contributed by atoms with Crippen molar-refractivity contribution in [3.05, 3.63) is 93.6 Å². The number of carbonyl (C=O) groups excluding carboxylic acids is 2. The number of nitrogens with one attached hydrogen (secondary N) is 2. The highest BCUT2D eigenvalue weighted by molar-refractivity contribution is 6.39. The van der Waals surface area contributed by atoms with Crippen molar-refractivity contribution in [3.63, 3.8) is 0 Å². The molecule has 2 N–H and O–H groups in total. The van der Waals surface area contributed by atoms with Gasteiger partial charge in [-0.3, -0.25) is 4.79 Å². The Morgan fingerprint density at radius 1 is 1.03 bits per heavy atom. The Kier molecular flexibility index (Phi) is 9.33. The molecule has 0 fully saturated rings. The Morgan fingerprint density at radius 3 is 2.41 bits per heavy atom. The van der Waals surface area contributed by atoms with E-state index in [0.717, 1.165) is 16.9 Å². The van der Waals surface area contributed by atoms with Crippen molar-refractivity contribution in [2.45, 2.75) is 18.9 Å². The lowest BCUT2D eigenvalue weighted by atomic mass is 10.0. The number of pyridine rings is 1. The van der Waals surface area contributed by atoms with Gasteiger partial charge in [-0.25, -0.2) is 9.78 Å². The van der Waals surface area contributed by atoms with E-state index >= 15 is 0 Å². The van der Waals surface area contributed by atoms with Crippen LogP contribution in [-0.4, -0.2) is 36.6 Å². The summed E-state index contributed by atoms with van der Waals surface area (Å²) in [4.78, 5) is 29.2. The molecule has 1 heterocycles. The topological polar surface area (TPSA) is 80.3 Å². The number of carbonyl (C=O) groups is 2. The standard InChI is InChI=1S/C26H23Cl2N3O3/c1-34-26(33)22(31-25(32)24-20(27)8-6-9-21(24)28)17-19-13-11-18(12-14-19)7-2-4-15-29-23-10-3-5-16-30-23/h3,5-6,8-14,16,22H,4,15,17H2,1H3,(H,29,30)(H,31,32). The molecule has 2 aromatic carbocycles. The number of halogens is 2. The van der Waals surface area contributed by atoms with Crippen LogP contribution in [0, 0.1) is 11.8 Å². The smallest absolute Gasteiger partial charge is 0.328 e. The summed E-state index contributed by atoms with van der Waals surface area (Å²) < 4.78 is 4.86. The van der Waals surface area contributed by atoms with Crippen molar-refractivity contribution in [1.82, 2.24) is 10.3 Å². The predicted molar refractivity (Wildman–Crippen MR) is 134 cm³/mol. The highest BCUT2D eigenvalue weighted by Crippen LogP contribution is 2.24. The zero-order valence-electron chi connectivity index (χ0n) is 18.5. The molecular weight excluding hydrogens is 473 g/mol. The van der Waals surface area contributed by atoms with E-state index in [9.17, 15) is 9.59 Å². The lowest BCUT2D eigenvalue weighted by molar-refractivity contribution is -0.142. The van der Waals surface area contributed by atoms with E-state index in [4.69, 9.17) is 27.9 Å². The lowest BCUT2D eigenvalue weighted by Crippen LogP contribution is -2.43. The Balaban J connectivity index is 1.59. The first-order valence-corrected chi connectivity index (χ1v) is 11.3. The van der Waals surface area contributed by atoms with E-state index in [0.29, 0.717) is 13.0 Å². The lowest BCUT2D eigenvalue weighted by Gasteiger charge is -2.17. The summed E-state index contributed by atoms with van der Waals surface area (Å²) in [6.45, 7) is 0.693. The number of nitrogens with zero attached hydrogens (tertiary/aromatic N) is 1. The number of benzene rings is 2. The molecule has 0 aliphatic carbocycles. The van der Waals surface area contributed by atoms with Gasteiger partial charge in [0.15, 0.2) is 0 Å². The third kappa shape index (κ3) is 7.24.